The number of aromatic nitrogens is 1. The van der Waals surface area contributed by atoms with Gasteiger partial charge in [-0.3, -0.25) is 4.99 Å². The SMILES string of the molecule is Clc1ccc(-c2nc3cc(N=Cc4ccc(Cl)c(Cl)c4)ccc3o2)c(Cl)c1. The molecule has 0 bridgehead atoms. The monoisotopic (exact) mass is 434 g/mol. The molecule has 0 unspecified atom stereocenters. The van der Waals surface area contributed by atoms with Gasteiger partial charge in [0.05, 0.1) is 26.3 Å². The van der Waals surface area contributed by atoms with Gasteiger partial charge in [-0.15, -0.1) is 0 Å². The molecule has 27 heavy (non-hydrogen) atoms. The summed E-state index contributed by atoms with van der Waals surface area (Å²) in [6.45, 7) is 0. The molecule has 0 saturated carbocycles. The molecule has 4 aromatic rings. The van der Waals surface area contributed by atoms with E-state index in [0.29, 0.717) is 42.6 Å². The number of halogens is 4. The third-order valence-electron chi connectivity index (χ3n) is 3.84. The summed E-state index contributed by atoms with van der Waals surface area (Å²) in [6, 6.07) is 16.0. The molecule has 1 aromatic heterocycles. The van der Waals surface area contributed by atoms with E-state index in [-0.39, 0.29) is 0 Å². The molecule has 0 aliphatic rings. The third kappa shape index (κ3) is 3.97. The highest BCUT2D eigenvalue weighted by Gasteiger charge is 2.12. The van der Waals surface area contributed by atoms with E-state index in [1.807, 2.05) is 24.3 Å². The van der Waals surface area contributed by atoms with Crippen LogP contribution in [0.1, 0.15) is 5.56 Å². The van der Waals surface area contributed by atoms with Crippen molar-refractivity contribution in [3.63, 3.8) is 0 Å². The Bertz CT molecular complexity index is 1180. The Hall–Kier alpha value is -2.04. The van der Waals surface area contributed by atoms with Gasteiger partial charge < -0.3 is 4.42 Å². The number of oxazole rings is 1. The highest BCUT2D eigenvalue weighted by atomic mass is 35.5. The molecule has 0 saturated heterocycles. The van der Waals surface area contributed by atoms with Crippen molar-refractivity contribution in [2.45, 2.75) is 0 Å². The lowest BCUT2D eigenvalue weighted by Gasteiger charge is -1.98. The Morgan fingerprint density at radius 2 is 1.67 bits per heavy atom. The number of hydrogen-bond acceptors (Lipinski definition) is 3. The van der Waals surface area contributed by atoms with Gasteiger partial charge in [0, 0.05) is 11.2 Å². The molecule has 0 fully saturated rings. The quantitative estimate of drug-likeness (QED) is 0.307. The molecule has 0 N–H and O–H groups in total. The predicted molar refractivity (Wildman–Crippen MR) is 113 cm³/mol. The van der Waals surface area contributed by atoms with E-state index in [0.717, 1.165) is 11.3 Å². The summed E-state index contributed by atoms with van der Waals surface area (Å²) in [6.07, 6.45) is 1.71. The molecule has 3 aromatic carbocycles. The molecule has 0 radical (unpaired) electrons. The van der Waals surface area contributed by atoms with Crippen molar-refractivity contribution in [3.05, 3.63) is 80.3 Å². The highest BCUT2D eigenvalue weighted by Crippen LogP contribution is 2.33. The summed E-state index contributed by atoms with van der Waals surface area (Å²) in [5, 5.41) is 2.02. The van der Waals surface area contributed by atoms with Crippen molar-refractivity contribution in [1.82, 2.24) is 4.98 Å². The molecule has 3 nitrogen and oxygen atoms in total. The van der Waals surface area contributed by atoms with E-state index < -0.39 is 0 Å². The van der Waals surface area contributed by atoms with Crippen molar-refractivity contribution in [1.29, 1.82) is 0 Å². The van der Waals surface area contributed by atoms with E-state index in [1.54, 1.807) is 36.5 Å². The summed E-state index contributed by atoms with van der Waals surface area (Å²) >= 11 is 24.1. The van der Waals surface area contributed by atoms with Crippen LogP contribution in [0.25, 0.3) is 22.6 Å². The normalized spacial score (nSPS) is 11.6. The number of fused-ring (bicyclic) bond motifs is 1. The van der Waals surface area contributed by atoms with Gasteiger partial charge in [0.1, 0.15) is 5.52 Å². The zero-order valence-corrected chi connectivity index (χ0v) is 16.6. The van der Waals surface area contributed by atoms with Crippen molar-refractivity contribution >= 4 is 69.4 Å². The second-order valence-corrected chi connectivity index (χ2v) is 7.38. The fraction of sp³-hybridized carbons (Fsp3) is 0. The van der Waals surface area contributed by atoms with Gasteiger partial charge in [-0.25, -0.2) is 4.98 Å². The smallest absolute Gasteiger partial charge is 0.228 e. The van der Waals surface area contributed by atoms with E-state index >= 15 is 0 Å². The van der Waals surface area contributed by atoms with Gasteiger partial charge in [-0.1, -0.05) is 52.5 Å². The van der Waals surface area contributed by atoms with Gasteiger partial charge in [-0.2, -0.15) is 0 Å². The second-order valence-electron chi connectivity index (χ2n) is 5.73. The van der Waals surface area contributed by atoms with Crippen LogP contribution in [0.2, 0.25) is 20.1 Å². The number of nitrogens with zero attached hydrogens (tertiary/aromatic N) is 2. The maximum atomic E-state index is 6.24. The van der Waals surface area contributed by atoms with E-state index in [9.17, 15) is 0 Å². The average molecular weight is 436 g/mol. The summed E-state index contributed by atoms with van der Waals surface area (Å²) in [7, 11) is 0. The fourth-order valence-electron chi connectivity index (χ4n) is 2.52. The van der Waals surface area contributed by atoms with Crippen LogP contribution in [0, 0.1) is 0 Å². The molecule has 0 aliphatic heterocycles. The molecule has 1 heterocycles. The maximum Gasteiger partial charge on any atom is 0.228 e. The van der Waals surface area contributed by atoms with Crippen LogP contribution in [0.4, 0.5) is 5.69 Å². The van der Waals surface area contributed by atoms with Gasteiger partial charge in [0.15, 0.2) is 5.58 Å². The van der Waals surface area contributed by atoms with E-state index in [2.05, 4.69) is 9.98 Å². The van der Waals surface area contributed by atoms with Crippen molar-refractivity contribution in [3.8, 4) is 11.5 Å². The van der Waals surface area contributed by atoms with E-state index in [4.69, 9.17) is 50.8 Å². The van der Waals surface area contributed by atoms with Crippen LogP contribution >= 0.6 is 46.4 Å². The average Bonchev–Trinajstić information content (AvgIpc) is 3.05. The van der Waals surface area contributed by atoms with Crippen LogP contribution < -0.4 is 0 Å². The number of aliphatic imine (C=N–C) groups is 1. The molecular weight excluding hydrogens is 426 g/mol. The molecule has 0 atom stereocenters. The summed E-state index contributed by atoms with van der Waals surface area (Å²) in [5.74, 6) is 0.428. The summed E-state index contributed by atoms with van der Waals surface area (Å²) in [5.41, 5.74) is 3.58. The maximum absolute atomic E-state index is 6.24. The zero-order valence-electron chi connectivity index (χ0n) is 13.6. The molecule has 4 rings (SSSR count). The lowest BCUT2D eigenvalue weighted by Crippen LogP contribution is -1.81. The second kappa shape index (κ2) is 7.53. The molecular formula is C20H10Cl4N2O. The van der Waals surface area contributed by atoms with Gasteiger partial charge >= 0.3 is 0 Å². The van der Waals surface area contributed by atoms with Crippen molar-refractivity contribution in [2.24, 2.45) is 4.99 Å². The van der Waals surface area contributed by atoms with Crippen LogP contribution in [0.3, 0.4) is 0 Å². The first kappa shape index (κ1) is 18.3. The Kier molecular flexibility index (Phi) is 5.11. The first-order valence-corrected chi connectivity index (χ1v) is 9.36. The number of benzene rings is 3. The fourth-order valence-corrected chi connectivity index (χ4v) is 3.31. The Morgan fingerprint density at radius 3 is 2.44 bits per heavy atom. The minimum Gasteiger partial charge on any atom is -0.436 e. The molecule has 7 heteroatoms. The molecule has 0 aliphatic carbocycles. The third-order valence-corrected chi connectivity index (χ3v) is 5.13. The van der Waals surface area contributed by atoms with Gasteiger partial charge in [0.2, 0.25) is 5.89 Å². The van der Waals surface area contributed by atoms with Gasteiger partial charge in [0.25, 0.3) is 0 Å². The number of hydrogen-bond donors (Lipinski definition) is 0. The van der Waals surface area contributed by atoms with Crippen LogP contribution in [0.15, 0.2) is 64.0 Å². The predicted octanol–water partition coefficient (Wildman–Crippen LogP) is 7.86. The Balaban J connectivity index is 1.66. The number of rotatable bonds is 3. The topological polar surface area (TPSA) is 38.4 Å². The van der Waals surface area contributed by atoms with Crippen molar-refractivity contribution in [2.75, 3.05) is 0 Å². The minimum absolute atomic E-state index is 0.428. The molecule has 0 spiro atoms. The first-order valence-electron chi connectivity index (χ1n) is 7.85. The molecule has 134 valence electrons. The van der Waals surface area contributed by atoms with Crippen LogP contribution in [0.5, 0.6) is 0 Å². The largest absolute Gasteiger partial charge is 0.436 e. The lowest BCUT2D eigenvalue weighted by molar-refractivity contribution is 0.620. The van der Waals surface area contributed by atoms with Crippen LogP contribution in [-0.4, -0.2) is 11.2 Å². The van der Waals surface area contributed by atoms with Gasteiger partial charge in [-0.05, 0) is 54.1 Å². The standard InChI is InChI=1S/C20H10Cl4N2O/c21-12-2-4-14(16(23)8-12)20-26-18-9-13(3-6-19(18)27-20)25-10-11-1-5-15(22)17(24)7-11/h1-10H. The lowest BCUT2D eigenvalue weighted by atomic mass is 10.2. The summed E-state index contributed by atoms with van der Waals surface area (Å²) in [4.78, 5) is 8.96. The van der Waals surface area contributed by atoms with E-state index in [1.165, 1.54) is 0 Å². The van der Waals surface area contributed by atoms with Crippen molar-refractivity contribution < 1.29 is 4.42 Å². The zero-order chi connectivity index (χ0) is 19.0. The summed E-state index contributed by atoms with van der Waals surface area (Å²) < 4.78 is 5.80. The highest BCUT2D eigenvalue weighted by molar-refractivity contribution is 6.42. The Morgan fingerprint density at radius 1 is 0.815 bits per heavy atom. The minimum atomic E-state index is 0.428. The first-order chi connectivity index (χ1) is 13.0. The Labute approximate surface area is 175 Å². The molecule has 0 amide bonds. The van der Waals surface area contributed by atoms with Crippen LogP contribution in [-0.2, 0) is 0 Å².